The maximum absolute atomic E-state index is 6.02. The molecular formula is C18H17ClN2S. The molecule has 0 atom stereocenters. The standard InChI is InChI=1S/C18H17ClN2S/c1-3-22-18-20-12-17(14-6-4-13(2)5-7-14)21(18)16-10-8-15(19)9-11-16/h4-12H,3H2,1-2H3. The molecule has 0 saturated carbocycles. The number of thioether (sulfide) groups is 1. The molecule has 0 spiro atoms. The minimum absolute atomic E-state index is 0.741. The fourth-order valence-electron chi connectivity index (χ4n) is 2.33. The second kappa shape index (κ2) is 6.59. The Kier molecular flexibility index (Phi) is 4.55. The molecular weight excluding hydrogens is 312 g/mol. The molecule has 4 heteroatoms. The normalized spacial score (nSPS) is 10.9. The van der Waals surface area contributed by atoms with Crippen LogP contribution in [0.3, 0.4) is 0 Å². The van der Waals surface area contributed by atoms with Crippen LogP contribution in [0.2, 0.25) is 5.02 Å². The summed E-state index contributed by atoms with van der Waals surface area (Å²) in [6.45, 7) is 4.23. The predicted octanol–water partition coefficient (Wildman–Crippen LogP) is 5.61. The first-order valence-electron chi connectivity index (χ1n) is 7.22. The Balaban J connectivity index is 2.14. The van der Waals surface area contributed by atoms with Crippen LogP contribution in [0.4, 0.5) is 0 Å². The van der Waals surface area contributed by atoms with E-state index in [0.29, 0.717) is 0 Å². The van der Waals surface area contributed by atoms with Crippen molar-refractivity contribution in [1.82, 2.24) is 9.55 Å². The number of hydrogen-bond donors (Lipinski definition) is 0. The molecule has 1 aromatic heterocycles. The third-order valence-corrected chi connectivity index (χ3v) is 4.52. The molecule has 0 amide bonds. The Hall–Kier alpha value is -1.71. The quantitative estimate of drug-likeness (QED) is 0.579. The molecule has 0 unspecified atom stereocenters. The minimum atomic E-state index is 0.741. The van der Waals surface area contributed by atoms with Gasteiger partial charge in [0.05, 0.1) is 11.9 Å². The van der Waals surface area contributed by atoms with Crippen molar-refractivity contribution in [2.24, 2.45) is 0 Å². The van der Waals surface area contributed by atoms with E-state index in [0.717, 1.165) is 32.9 Å². The lowest BCUT2D eigenvalue weighted by Crippen LogP contribution is -1.99. The van der Waals surface area contributed by atoms with E-state index in [2.05, 4.69) is 47.7 Å². The van der Waals surface area contributed by atoms with Crippen LogP contribution in [0.25, 0.3) is 16.9 Å². The molecule has 0 saturated heterocycles. The fourth-order valence-corrected chi connectivity index (χ4v) is 3.18. The number of rotatable bonds is 4. The molecule has 112 valence electrons. The number of nitrogens with zero attached hydrogens (tertiary/aromatic N) is 2. The predicted molar refractivity (Wildman–Crippen MR) is 95.1 cm³/mol. The van der Waals surface area contributed by atoms with Crippen LogP contribution in [0.1, 0.15) is 12.5 Å². The highest BCUT2D eigenvalue weighted by Crippen LogP contribution is 2.30. The minimum Gasteiger partial charge on any atom is -0.287 e. The Labute approximate surface area is 140 Å². The van der Waals surface area contributed by atoms with E-state index in [1.165, 1.54) is 5.56 Å². The first-order valence-corrected chi connectivity index (χ1v) is 8.59. The molecule has 0 N–H and O–H groups in total. The van der Waals surface area contributed by atoms with E-state index < -0.39 is 0 Å². The van der Waals surface area contributed by atoms with E-state index in [-0.39, 0.29) is 0 Å². The Morgan fingerprint density at radius 1 is 1.05 bits per heavy atom. The highest BCUT2D eigenvalue weighted by Gasteiger charge is 2.13. The topological polar surface area (TPSA) is 17.8 Å². The van der Waals surface area contributed by atoms with Gasteiger partial charge >= 0.3 is 0 Å². The van der Waals surface area contributed by atoms with E-state index in [9.17, 15) is 0 Å². The van der Waals surface area contributed by atoms with Crippen LogP contribution in [0.15, 0.2) is 59.9 Å². The zero-order chi connectivity index (χ0) is 15.5. The smallest absolute Gasteiger partial charge is 0.173 e. The summed E-state index contributed by atoms with van der Waals surface area (Å²) in [6, 6.07) is 16.4. The number of halogens is 1. The van der Waals surface area contributed by atoms with Gasteiger partial charge in [0, 0.05) is 16.3 Å². The molecule has 3 rings (SSSR count). The van der Waals surface area contributed by atoms with Crippen LogP contribution in [0, 0.1) is 6.92 Å². The van der Waals surface area contributed by atoms with Gasteiger partial charge < -0.3 is 0 Å². The molecule has 0 aliphatic heterocycles. The summed E-state index contributed by atoms with van der Waals surface area (Å²) >= 11 is 7.76. The highest BCUT2D eigenvalue weighted by atomic mass is 35.5. The summed E-state index contributed by atoms with van der Waals surface area (Å²) in [5, 5.41) is 1.74. The molecule has 0 fully saturated rings. The average molecular weight is 329 g/mol. The zero-order valence-electron chi connectivity index (χ0n) is 12.6. The lowest BCUT2D eigenvalue weighted by molar-refractivity contribution is 0.901. The van der Waals surface area contributed by atoms with Gasteiger partial charge in [0.1, 0.15) is 0 Å². The molecule has 3 aromatic rings. The number of hydrogen-bond acceptors (Lipinski definition) is 2. The van der Waals surface area contributed by atoms with Gasteiger partial charge in [0.25, 0.3) is 0 Å². The Morgan fingerprint density at radius 3 is 2.36 bits per heavy atom. The summed E-state index contributed by atoms with van der Waals surface area (Å²) in [6.07, 6.45) is 1.94. The summed E-state index contributed by atoms with van der Waals surface area (Å²) in [5.41, 5.74) is 4.59. The van der Waals surface area contributed by atoms with Gasteiger partial charge in [-0.25, -0.2) is 4.98 Å². The molecule has 22 heavy (non-hydrogen) atoms. The summed E-state index contributed by atoms with van der Waals surface area (Å²) in [5.74, 6) is 0.984. The maximum Gasteiger partial charge on any atom is 0.173 e. The Bertz CT molecular complexity index is 761. The van der Waals surface area contributed by atoms with Crippen molar-refractivity contribution in [1.29, 1.82) is 0 Å². The average Bonchev–Trinajstić information content (AvgIpc) is 2.93. The fraction of sp³-hybridized carbons (Fsp3) is 0.167. The van der Waals surface area contributed by atoms with E-state index >= 15 is 0 Å². The SMILES string of the molecule is CCSc1ncc(-c2ccc(C)cc2)n1-c1ccc(Cl)cc1. The molecule has 0 radical (unpaired) electrons. The third kappa shape index (κ3) is 3.06. The van der Waals surface area contributed by atoms with Gasteiger partial charge in [-0.2, -0.15) is 0 Å². The monoisotopic (exact) mass is 328 g/mol. The van der Waals surface area contributed by atoms with Crippen molar-refractivity contribution in [3.63, 3.8) is 0 Å². The largest absolute Gasteiger partial charge is 0.287 e. The zero-order valence-corrected chi connectivity index (χ0v) is 14.2. The van der Waals surface area contributed by atoms with Crippen LogP contribution in [-0.2, 0) is 0 Å². The van der Waals surface area contributed by atoms with Crippen LogP contribution in [-0.4, -0.2) is 15.3 Å². The Morgan fingerprint density at radius 2 is 1.73 bits per heavy atom. The second-order valence-electron chi connectivity index (χ2n) is 5.04. The van der Waals surface area contributed by atoms with Crippen LogP contribution >= 0.6 is 23.4 Å². The number of imidazole rings is 1. The molecule has 2 aromatic carbocycles. The number of aryl methyl sites for hydroxylation is 1. The van der Waals surface area contributed by atoms with Crippen molar-refractivity contribution in [2.45, 2.75) is 19.0 Å². The van der Waals surface area contributed by atoms with E-state index in [4.69, 9.17) is 11.6 Å². The third-order valence-electron chi connectivity index (χ3n) is 3.44. The molecule has 2 nitrogen and oxygen atoms in total. The lowest BCUT2D eigenvalue weighted by atomic mass is 10.1. The van der Waals surface area contributed by atoms with E-state index in [1.54, 1.807) is 11.8 Å². The van der Waals surface area contributed by atoms with Crippen LogP contribution < -0.4 is 0 Å². The molecule has 0 aliphatic carbocycles. The van der Waals surface area contributed by atoms with Gasteiger partial charge in [-0.3, -0.25) is 4.57 Å². The first kappa shape index (κ1) is 15.2. The van der Waals surface area contributed by atoms with Gasteiger partial charge in [-0.1, -0.05) is 60.1 Å². The van der Waals surface area contributed by atoms with Crippen molar-refractivity contribution in [3.8, 4) is 16.9 Å². The number of benzene rings is 2. The number of aromatic nitrogens is 2. The summed E-state index contributed by atoms with van der Waals surface area (Å²) in [4.78, 5) is 4.60. The molecule has 0 aliphatic rings. The molecule has 0 bridgehead atoms. The second-order valence-corrected chi connectivity index (χ2v) is 6.70. The molecule has 1 heterocycles. The summed E-state index contributed by atoms with van der Waals surface area (Å²) < 4.78 is 2.19. The van der Waals surface area contributed by atoms with Crippen molar-refractivity contribution in [3.05, 3.63) is 65.3 Å². The van der Waals surface area contributed by atoms with E-state index in [1.807, 2.05) is 30.5 Å². The van der Waals surface area contributed by atoms with Crippen molar-refractivity contribution >= 4 is 23.4 Å². The van der Waals surface area contributed by atoms with Gasteiger partial charge in [0.15, 0.2) is 5.16 Å². The van der Waals surface area contributed by atoms with Crippen molar-refractivity contribution < 1.29 is 0 Å². The first-order chi connectivity index (χ1) is 10.7. The lowest BCUT2D eigenvalue weighted by Gasteiger charge is -2.12. The van der Waals surface area contributed by atoms with Gasteiger partial charge in [-0.05, 0) is 36.9 Å². The van der Waals surface area contributed by atoms with Gasteiger partial charge in [-0.15, -0.1) is 0 Å². The van der Waals surface area contributed by atoms with Crippen LogP contribution in [0.5, 0.6) is 0 Å². The maximum atomic E-state index is 6.02. The van der Waals surface area contributed by atoms with Gasteiger partial charge in [0.2, 0.25) is 0 Å². The van der Waals surface area contributed by atoms with Crippen molar-refractivity contribution in [2.75, 3.05) is 5.75 Å². The summed E-state index contributed by atoms with van der Waals surface area (Å²) in [7, 11) is 0. The highest BCUT2D eigenvalue weighted by molar-refractivity contribution is 7.99.